The van der Waals surface area contributed by atoms with Gasteiger partial charge in [-0.15, -0.1) is 0 Å². The molecule has 1 atom stereocenters. The van der Waals surface area contributed by atoms with Gasteiger partial charge in [0.1, 0.15) is 5.75 Å². The minimum absolute atomic E-state index is 0.386. The van der Waals surface area contributed by atoms with E-state index >= 15 is 0 Å². The molecule has 1 unspecified atom stereocenters. The third-order valence-corrected chi connectivity index (χ3v) is 5.25. The Labute approximate surface area is 150 Å². The molecule has 2 N–H and O–H groups in total. The van der Waals surface area contributed by atoms with Crippen molar-refractivity contribution in [3.63, 3.8) is 0 Å². The molecule has 3 rings (SSSR count). The summed E-state index contributed by atoms with van der Waals surface area (Å²) in [5.74, 6) is 0.823. The van der Waals surface area contributed by atoms with Gasteiger partial charge in [-0.1, -0.05) is 36.4 Å². The largest absolute Gasteiger partial charge is 0.497 e. The molecule has 0 aliphatic carbocycles. The minimum atomic E-state index is -0.657. The Hall–Kier alpha value is -2.04. The molecule has 4 heteroatoms. The second-order valence-electron chi connectivity index (χ2n) is 6.93. The Morgan fingerprint density at radius 2 is 1.84 bits per heavy atom. The van der Waals surface area contributed by atoms with Gasteiger partial charge in [0.25, 0.3) is 0 Å². The van der Waals surface area contributed by atoms with Crippen molar-refractivity contribution in [2.45, 2.75) is 31.4 Å². The van der Waals surface area contributed by atoms with Gasteiger partial charge in [-0.2, -0.15) is 0 Å². The lowest BCUT2D eigenvalue weighted by Gasteiger charge is -2.41. The van der Waals surface area contributed by atoms with Crippen molar-refractivity contribution < 1.29 is 9.84 Å². The number of anilines is 1. The second-order valence-corrected chi connectivity index (χ2v) is 6.93. The number of methoxy groups -OCH3 is 1. The Balaban J connectivity index is 1.53. The van der Waals surface area contributed by atoms with Gasteiger partial charge < -0.3 is 15.2 Å². The predicted molar refractivity (Wildman–Crippen MR) is 102 cm³/mol. The number of aliphatic hydroxyl groups is 1. The molecular weight excluding hydrogens is 312 g/mol. The van der Waals surface area contributed by atoms with Gasteiger partial charge in [-0.3, -0.25) is 4.90 Å². The lowest BCUT2D eigenvalue weighted by atomic mass is 9.90. The smallest absolute Gasteiger partial charge is 0.120 e. The van der Waals surface area contributed by atoms with Crippen LogP contribution in [0, 0.1) is 0 Å². The molecule has 0 amide bonds. The third-order valence-electron chi connectivity index (χ3n) is 5.25. The molecule has 0 radical (unpaired) electrons. The summed E-state index contributed by atoms with van der Waals surface area (Å²) in [7, 11) is 1.66. The number of rotatable bonds is 6. The molecule has 1 fully saturated rings. The van der Waals surface area contributed by atoms with E-state index in [0.717, 1.165) is 37.4 Å². The van der Waals surface area contributed by atoms with E-state index in [0.29, 0.717) is 12.6 Å². The zero-order valence-electron chi connectivity index (χ0n) is 15.1. The van der Waals surface area contributed by atoms with E-state index in [9.17, 15) is 5.11 Å². The standard InChI is InChI=1S/C21H28N2O2/c1-17(18-7-4-3-5-8-18)23-13-11-21(24,12-14-23)16-22-19-9-6-10-20(15-19)25-2/h3-10,15,17,22,24H,11-14,16H2,1-2H3. The number of piperidine rings is 1. The average Bonchev–Trinajstić information content (AvgIpc) is 2.67. The van der Waals surface area contributed by atoms with E-state index in [1.54, 1.807) is 7.11 Å². The maximum Gasteiger partial charge on any atom is 0.120 e. The maximum absolute atomic E-state index is 10.9. The Morgan fingerprint density at radius 3 is 2.52 bits per heavy atom. The molecule has 4 nitrogen and oxygen atoms in total. The average molecular weight is 340 g/mol. The SMILES string of the molecule is COc1cccc(NCC2(O)CCN(C(C)c3ccccc3)CC2)c1. The van der Waals surface area contributed by atoms with E-state index in [1.807, 2.05) is 24.3 Å². The number of nitrogens with zero attached hydrogens (tertiary/aromatic N) is 1. The number of ether oxygens (including phenoxy) is 1. The van der Waals surface area contributed by atoms with Crippen molar-refractivity contribution in [3.05, 3.63) is 60.2 Å². The molecule has 0 saturated carbocycles. The molecule has 134 valence electrons. The monoisotopic (exact) mass is 340 g/mol. The molecule has 2 aromatic carbocycles. The number of hydrogen-bond acceptors (Lipinski definition) is 4. The van der Waals surface area contributed by atoms with Crippen LogP contribution in [0.3, 0.4) is 0 Å². The fourth-order valence-corrected chi connectivity index (χ4v) is 3.45. The summed E-state index contributed by atoms with van der Waals surface area (Å²) in [5.41, 5.74) is 1.66. The van der Waals surface area contributed by atoms with Crippen LogP contribution in [-0.2, 0) is 0 Å². The quantitative estimate of drug-likeness (QED) is 0.842. The summed E-state index contributed by atoms with van der Waals surface area (Å²) in [4.78, 5) is 2.45. The summed E-state index contributed by atoms with van der Waals surface area (Å²) < 4.78 is 5.25. The molecule has 0 bridgehead atoms. The van der Waals surface area contributed by atoms with Crippen molar-refractivity contribution in [3.8, 4) is 5.75 Å². The summed E-state index contributed by atoms with van der Waals surface area (Å²) in [5, 5.41) is 14.3. The summed E-state index contributed by atoms with van der Waals surface area (Å²) in [6.07, 6.45) is 1.56. The van der Waals surface area contributed by atoms with Gasteiger partial charge in [0.2, 0.25) is 0 Å². The number of hydrogen-bond donors (Lipinski definition) is 2. The first-order chi connectivity index (χ1) is 12.1. The van der Waals surface area contributed by atoms with Gasteiger partial charge in [0, 0.05) is 37.4 Å². The summed E-state index contributed by atoms with van der Waals surface area (Å²) in [6, 6.07) is 18.8. The van der Waals surface area contributed by atoms with Gasteiger partial charge >= 0.3 is 0 Å². The van der Waals surface area contributed by atoms with E-state index in [1.165, 1.54) is 5.56 Å². The highest BCUT2D eigenvalue weighted by Crippen LogP contribution is 2.29. The Kier molecular flexibility index (Phi) is 5.61. The first kappa shape index (κ1) is 17.8. The third kappa shape index (κ3) is 4.53. The van der Waals surface area contributed by atoms with Gasteiger partial charge in [0.15, 0.2) is 0 Å². The van der Waals surface area contributed by atoms with Crippen molar-refractivity contribution in [1.82, 2.24) is 4.90 Å². The molecule has 0 spiro atoms. The van der Waals surface area contributed by atoms with Gasteiger partial charge in [-0.05, 0) is 37.5 Å². The number of likely N-dealkylation sites (tertiary alicyclic amines) is 1. The van der Waals surface area contributed by atoms with E-state index in [4.69, 9.17) is 4.74 Å². The molecule has 1 aliphatic rings. The van der Waals surface area contributed by atoms with E-state index in [-0.39, 0.29) is 0 Å². The van der Waals surface area contributed by atoms with Crippen LogP contribution in [0.5, 0.6) is 5.75 Å². The summed E-state index contributed by atoms with van der Waals surface area (Å²) in [6.45, 7) is 4.63. The van der Waals surface area contributed by atoms with Crippen molar-refractivity contribution in [1.29, 1.82) is 0 Å². The van der Waals surface area contributed by atoms with Crippen LogP contribution in [0.15, 0.2) is 54.6 Å². The molecule has 1 heterocycles. The topological polar surface area (TPSA) is 44.7 Å². The van der Waals surface area contributed by atoms with Crippen LogP contribution in [0.1, 0.15) is 31.4 Å². The van der Waals surface area contributed by atoms with Gasteiger partial charge in [0.05, 0.1) is 12.7 Å². The molecular formula is C21H28N2O2. The molecule has 1 saturated heterocycles. The predicted octanol–water partition coefficient (Wildman–Crippen LogP) is 3.70. The van der Waals surface area contributed by atoms with Crippen LogP contribution < -0.4 is 10.1 Å². The van der Waals surface area contributed by atoms with Crippen molar-refractivity contribution in [2.24, 2.45) is 0 Å². The number of benzene rings is 2. The lowest BCUT2D eigenvalue weighted by molar-refractivity contribution is -0.0193. The van der Waals surface area contributed by atoms with E-state index in [2.05, 4.69) is 47.5 Å². The second kappa shape index (κ2) is 7.89. The Bertz CT molecular complexity index is 667. The highest BCUT2D eigenvalue weighted by molar-refractivity contribution is 5.48. The Morgan fingerprint density at radius 1 is 1.12 bits per heavy atom. The van der Waals surface area contributed by atoms with Crippen LogP contribution >= 0.6 is 0 Å². The highest BCUT2D eigenvalue weighted by atomic mass is 16.5. The highest BCUT2D eigenvalue weighted by Gasteiger charge is 2.33. The number of nitrogens with one attached hydrogen (secondary N) is 1. The lowest BCUT2D eigenvalue weighted by Crippen LogP contribution is -2.48. The first-order valence-electron chi connectivity index (χ1n) is 8.99. The van der Waals surface area contributed by atoms with Crippen LogP contribution in [0.2, 0.25) is 0 Å². The molecule has 1 aliphatic heterocycles. The zero-order valence-corrected chi connectivity index (χ0v) is 15.1. The molecule has 25 heavy (non-hydrogen) atoms. The van der Waals surface area contributed by atoms with Crippen LogP contribution in [0.4, 0.5) is 5.69 Å². The normalized spacial score (nSPS) is 18.5. The first-order valence-corrected chi connectivity index (χ1v) is 8.99. The fourth-order valence-electron chi connectivity index (χ4n) is 3.45. The van der Waals surface area contributed by atoms with Crippen molar-refractivity contribution >= 4 is 5.69 Å². The minimum Gasteiger partial charge on any atom is -0.497 e. The molecule has 2 aromatic rings. The maximum atomic E-state index is 10.9. The zero-order chi connectivity index (χ0) is 17.7. The van der Waals surface area contributed by atoms with Crippen LogP contribution in [0.25, 0.3) is 0 Å². The fraction of sp³-hybridized carbons (Fsp3) is 0.429. The van der Waals surface area contributed by atoms with Crippen molar-refractivity contribution in [2.75, 3.05) is 32.1 Å². The molecule has 0 aromatic heterocycles. The van der Waals surface area contributed by atoms with Gasteiger partial charge in [-0.25, -0.2) is 0 Å². The van der Waals surface area contributed by atoms with E-state index < -0.39 is 5.60 Å². The summed E-state index contributed by atoms with van der Waals surface area (Å²) >= 11 is 0. The van der Waals surface area contributed by atoms with Crippen LogP contribution in [-0.4, -0.2) is 42.4 Å².